The normalized spacial score (nSPS) is 21.5. The molecule has 0 saturated heterocycles. The van der Waals surface area contributed by atoms with Crippen LogP contribution in [0.1, 0.15) is 77.2 Å². The summed E-state index contributed by atoms with van der Waals surface area (Å²) in [5, 5.41) is 15.9. The average molecular weight is 352 g/mol. The summed E-state index contributed by atoms with van der Waals surface area (Å²) in [6, 6.07) is 0.397. The zero-order valence-electron chi connectivity index (χ0n) is 14.6. The van der Waals surface area contributed by atoms with Crippen molar-refractivity contribution >= 4 is 17.7 Å². The highest BCUT2D eigenvalue weighted by atomic mass is 32.2. The lowest BCUT2D eigenvalue weighted by Gasteiger charge is -2.23. The first-order valence-electron chi connectivity index (χ1n) is 9.46. The standard InChI is InChI=1S/C17H29N5OS/c1-13(16(23)18-12-14-8-4-2-5-9-14)24-17-19-20-21-22(17)15-10-6-3-7-11-15/h13-15H,2-12H2,1H3,(H,18,23). The van der Waals surface area contributed by atoms with Crippen molar-refractivity contribution in [3.8, 4) is 0 Å². The van der Waals surface area contributed by atoms with Gasteiger partial charge in [-0.1, -0.05) is 50.3 Å². The Balaban J connectivity index is 1.49. The summed E-state index contributed by atoms with van der Waals surface area (Å²) in [5.41, 5.74) is 0. The molecule has 134 valence electrons. The highest BCUT2D eigenvalue weighted by Crippen LogP contribution is 2.31. The number of hydrogen-bond acceptors (Lipinski definition) is 5. The number of nitrogens with zero attached hydrogens (tertiary/aromatic N) is 4. The minimum Gasteiger partial charge on any atom is -0.355 e. The molecule has 1 aromatic heterocycles. The average Bonchev–Trinajstić information content (AvgIpc) is 3.09. The molecule has 0 aromatic carbocycles. The molecule has 2 aliphatic carbocycles. The number of carbonyl (C=O) groups is 1. The number of tetrazole rings is 1. The van der Waals surface area contributed by atoms with E-state index >= 15 is 0 Å². The Bertz CT molecular complexity index is 523. The Labute approximate surface area is 148 Å². The number of hydrogen-bond donors (Lipinski definition) is 1. The van der Waals surface area contributed by atoms with Gasteiger partial charge in [0, 0.05) is 6.54 Å². The number of rotatable bonds is 6. The highest BCUT2D eigenvalue weighted by Gasteiger charge is 2.24. The quantitative estimate of drug-likeness (QED) is 0.796. The second kappa shape index (κ2) is 8.83. The minimum absolute atomic E-state index is 0.101. The summed E-state index contributed by atoms with van der Waals surface area (Å²) >= 11 is 1.48. The van der Waals surface area contributed by atoms with Crippen molar-refractivity contribution in [3.05, 3.63) is 0 Å². The summed E-state index contributed by atoms with van der Waals surface area (Å²) in [7, 11) is 0. The highest BCUT2D eigenvalue weighted by molar-refractivity contribution is 8.00. The van der Waals surface area contributed by atoms with E-state index in [1.807, 2.05) is 11.6 Å². The molecular formula is C17H29N5OS. The topological polar surface area (TPSA) is 72.7 Å². The first kappa shape index (κ1) is 17.7. The fourth-order valence-corrected chi connectivity index (χ4v) is 4.69. The van der Waals surface area contributed by atoms with E-state index in [0.717, 1.165) is 24.5 Å². The largest absolute Gasteiger partial charge is 0.355 e. The van der Waals surface area contributed by atoms with Gasteiger partial charge in [0.25, 0.3) is 0 Å². The van der Waals surface area contributed by atoms with Crippen LogP contribution in [0.25, 0.3) is 0 Å². The van der Waals surface area contributed by atoms with E-state index in [4.69, 9.17) is 0 Å². The van der Waals surface area contributed by atoms with Crippen molar-refractivity contribution in [1.82, 2.24) is 25.5 Å². The maximum atomic E-state index is 12.4. The molecular weight excluding hydrogens is 322 g/mol. The van der Waals surface area contributed by atoms with E-state index in [0.29, 0.717) is 12.0 Å². The third kappa shape index (κ3) is 4.71. The molecule has 1 atom stereocenters. The van der Waals surface area contributed by atoms with Gasteiger partial charge in [-0.05, 0) is 49.0 Å². The molecule has 1 N–H and O–H groups in total. The monoisotopic (exact) mass is 351 g/mol. The molecule has 0 aliphatic heterocycles. The lowest BCUT2D eigenvalue weighted by molar-refractivity contribution is -0.120. The Morgan fingerprint density at radius 1 is 1.17 bits per heavy atom. The molecule has 1 heterocycles. The smallest absolute Gasteiger partial charge is 0.233 e. The number of aromatic nitrogens is 4. The third-order valence-corrected chi connectivity index (χ3v) is 6.37. The van der Waals surface area contributed by atoms with E-state index in [1.54, 1.807) is 0 Å². The van der Waals surface area contributed by atoms with Crippen molar-refractivity contribution in [1.29, 1.82) is 0 Å². The number of amides is 1. The first-order valence-corrected chi connectivity index (χ1v) is 10.3. The van der Waals surface area contributed by atoms with E-state index in [2.05, 4.69) is 20.8 Å². The van der Waals surface area contributed by atoms with E-state index in [-0.39, 0.29) is 11.2 Å². The second-order valence-corrected chi connectivity index (χ2v) is 8.52. The Hall–Kier alpha value is -1.11. The number of thioether (sulfide) groups is 1. The van der Waals surface area contributed by atoms with Crippen molar-refractivity contribution in [2.45, 2.75) is 87.6 Å². The Kier molecular flexibility index (Phi) is 6.51. The van der Waals surface area contributed by atoms with Gasteiger partial charge in [-0.2, -0.15) is 0 Å². The van der Waals surface area contributed by atoms with Gasteiger partial charge >= 0.3 is 0 Å². The molecule has 0 spiro atoms. The summed E-state index contributed by atoms with van der Waals surface area (Å²) in [5.74, 6) is 0.760. The molecule has 2 fully saturated rings. The predicted octanol–water partition coefficient (Wildman–Crippen LogP) is 3.36. The zero-order chi connectivity index (χ0) is 16.8. The summed E-state index contributed by atoms with van der Waals surface area (Å²) < 4.78 is 1.94. The molecule has 1 aromatic rings. The minimum atomic E-state index is -0.165. The number of carbonyl (C=O) groups excluding carboxylic acids is 1. The van der Waals surface area contributed by atoms with Crippen LogP contribution in [0.4, 0.5) is 0 Å². The molecule has 2 saturated carbocycles. The number of nitrogens with one attached hydrogen (secondary N) is 1. The molecule has 24 heavy (non-hydrogen) atoms. The predicted molar refractivity (Wildman–Crippen MR) is 94.8 cm³/mol. The molecule has 2 aliphatic rings. The van der Waals surface area contributed by atoms with Gasteiger partial charge < -0.3 is 5.32 Å². The Morgan fingerprint density at radius 3 is 2.54 bits per heavy atom. The van der Waals surface area contributed by atoms with Crippen LogP contribution < -0.4 is 5.32 Å². The van der Waals surface area contributed by atoms with Crippen molar-refractivity contribution in [2.24, 2.45) is 5.92 Å². The lowest BCUT2D eigenvalue weighted by Crippen LogP contribution is -2.35. The summed E-state index contributed by atoms with van der Waals surface area (Å²) in [6.07, 6.45) is 12.5. The van der Waals surface area contributed by atoms with E-state index < -0.39 is 0 Å². The van der Waals surface area contributed by atoms with Gasteiger partial charge in [0.15, 0.2) is 0 Å². The van der Waals surface area contributed by atoms with Crippen LogP contribution in [0.2, 0.25) is 0 Å². The lowest BCUT2D eigenvalue weighted by atomic mass is 9.89. The molecule has 1 amide bonds. The zero-order valence-corrected chi connectivity index (χ0v) is 15.4. The van der Waals surface area contributed by atoms with Crippen LogP contribution in [0, 0.1) is 5.92 Å². The van der Waals surface area contributed by atoms with Crippen LogP contribution in [-0.4, -0.2) is 37.9 Å². The third-order valence-electron chi connectivity index (χ3n) is 5.32. The SMILES string of the molecule is CC(Sc1nnnn1C1CCCCC1)C(=O)NCC1CCCCC1. The maximum Gasteiger partial charge on any atom is 0.233 e. The molecule has 1 unspecified atom stereocenters. The van der Waals surface area contributed by atoms with Gasteiger partial charge in [0.05, 0.1) is 11.3 Å². The van der Waals surface area contributed by atoms with Crippen LogP contribution >= 0.6 is 11.8 Å². The van der Waals surface area contributed by atoms with Gasteiger partial charge in [-0.15, -0.1) is 5.10 Å². The Morgan fingerprint density at radius 2 is 1.83 bits per heavy atom. The molecule has 0 bridgehead atoms. The van der Waals surface area contributed by atoms with Gasteiger partial charge in [-0.3, -0.25) is 4.79 Å². The van der Waals surface area contributed by atoms with Gasteiger partial charge in [0.2, 0.25) is 11.1 Å². The molecule has 6 nitrogen and oxygen atoms in total. The van der Waals surface area contributed by atoms with E-state index in [9.17, 15) is 4.79 Å². The van der Waals surface area contributed by atoms with Crippen molar-refractivity contribution < 1.29 is 4.79 Å². The van der Waals surface area contributed by atoms with Crippen molar-refractivity contribution in [3.63, 3.8) is 0 Å². The van der Waals surface area contributed by atoms with Gasteiger partial charge in [0.1, 0.15) is 0 Å². The molecule has 7 heteroatoms. The van der Waals surface area contributed by atoms with Crippen LogP contribution in [0.15, 0.2) is 5.16 Å². The van der Waals surface area contributed by atoms with Crippen LogP contribution in [-0.2, 0) is 4.79 Å². The van der Waals surface area contributed by atoms with Crippen molar-refractivity contribution in [2.75, 3.05) is 6.54 Å². The second-order valence-electron chi connectivity index (χ2n) is 7.21. The first-order chi connectivity index (χ1) is 11.7. The van der Waals surface area contributed by atoms with Crippen LogP contribution in [0.3, 0.4) is 0 Å². The fraction of sp³-hybridized carbons (Fsp3) is 0.882. The molecule has 0 radical (unpaired) electrons. The maximum absolute atomic E-state index is 12.4. The van der Waals surface area contributed by atoms with Gasteiger partial charge in [-0.25, -0.2) is 4.68 Å². The molecule has 3 rings (SSSR count). The van der Waals surface area contributed by atoms with Crippen LogP contribution in [0.5, 0.6) is 0 Å². The summed E-state index contributed by atoms with van der Waals surface area (Å²) in [4.78, 5) is 12.4. The fourth-order valence-electron chi connectivity index (χ4n) is 3.81. The summed E-state index contributed by atoms with van der Waals surface area (Å²) in [6.45, 7) is 2.76. The van der Waals surface area contributed by atoms with E-state index in [1.165, 1.54) is 63.1 Å².